The van der Waals surface area contributed by atoms with Gasteiger partial charge >= 0.3 is 5.69 Å². The monoisotopic (exact) mass is 428 g/mol. The lowest BCUT2D eigenvalue weighted by atomic mass is 10.2. The van der Waals surface area contributed by atoms with Gasteiger partial charge in [-0.1, -0.05) is 13.8 Å². The first-order valence-electron chi connectivity index (χ1n) is 10.1. The number of rotatable bonds is 8. The molecule has 1 unspecified atom stereocenters. The minimum absolute atomic E-state index is 0.0648. The zero-order valence-corrected chi connectivity index (χ0v) is 17.8. The van der Waals surface area contributed by atoms with Crippen LogP contribution >= 0.6 is 0 Å². The van der Waals surface area contributed by atoms with Crippen molar-refractivity contribution in [2.45, 2.75) is 37.7 Å². The number of hydrogen-bond acceptors (Lipinski definition) is 6. The third kappa shape index (κ3) is 5.44. The van der Waals surface area contributed by atoms with Crippen molar-refractivity contribution in [3.8, 4) is 5.75 Å². The SMILES string of the molecule is CC(C)C[NH+]1CCO[C@@H](COc2ccc(S(=O)(=O)N3CCCC3)cc2[N+](=O)[O-])C1. The van der Waals surface area contributed by atoms with Crippen molar-refractivity contribution in [1.29, 1.82) is 0 Å². The van der Waals surface area contributed by atoms with E-state index in [1.165, 1.54) is 21.3 Å². The van der Waals surface area contributed by atoms with Crippen molar-refractivity contribution in [2.75, 3.05) is 45.9 Å². The Morgan fingerprint density at radius 1 is 1.34 bits per heavy atom. The van der Waals surface area contributed by atoms with E-state index >= 15 is 0 Å². The van der Waals surface area contributed by atoms with Gasteiger partial charge in [-0.25, -0.2) is 8.42 Å². The lowest BCUT2D eigenvalue weighted by Crippen LogP contribution is -3.15. The highest BCUT2D eigenvalue weighted by Crippen LogP contribution is 2.32. The van der Waals surface area contributed by atoms with Gasteiger partial charge in [0, 0.05) is 25.1 Å². The number of nitrogens with zero attached hydrogens (tertiary/aromatic N) is 2. The van der Waals surface area contributed by atoms with Crippen LogP contribution < -0.4 is 9.64 Å². The van der Waals surface area contributed by atoms with E-state index in [0.717, 1.165) is 38.5 Å². The second kappa shape index (κ2) is 9.38. The molecule has 2 fully saturated rings. The molecule has 29 heavy (non-hydrogen) atoms. The second-order valence-corrected chi connectivity index (χ2v) is 10.0. The number of hydrogen-bond donors (Lipinski definition) is 1. The molecule has 0 radical (unpaired) electrons. The smallest absolute Gasteiger partial charge is 0.312 e. The Morgan fingerprint density at radius 2 is 2.07 bits per heavy atom. The number of nitro benzene ring substituents is 1. The van der Waals surface area contributed by atoms with Crippen LogP contribution in [0.5, 0.6) is 5.75 Å². The summed E-state index contributed by atoms with van der Waals surface area (Å²) in [7, 11) is -3.72. The van der Waals surface area contributed by atoms with Crippen LogP contribution in [-0.4, -0.2) is 69.7 Å². The summed E-state index contributed by atoms with van der Waals surface area (Å²) in [6, 6.07) is 3.86. The van der Waals surface area contributed by atoms with Gasteiger partial charge in [-0.2, -0.15) is 4.31 Å². The molecule has 2 aliphatic rings. The second-order valence-electron chi connectivity index (χ2n) is 8.10. The average Bonchev–Trinajstić information content (AvgIpc) is 3.21. The molecule has 0 amide bonds. The first kappa shape index (κ1) is 21.9. The largest absolute Gasteiger partial charge is 0.484 e. The summed E-state index contributed by atoms with van der Waals surface area (Å²) in [6.07, 6.45) is 1.46. The Morgan fingerprint density at radius 3 is 2.72 bits per heavy atom. The van der Waals surface area contributed by atoms with Crippen LogP contribution in [0.2, 0.25) is 0 Å². The van der Waals surface area contributed by atoms with Gasteiger partial charge in [0.25, 0.3) is 0 Å². The highest BCUT2D eigenvalue weighted by molar-refractivity contribution is 7.89. The Bertz CT molecular complexity index is 823. The quantitative estimate of drug-likeness (QED) is 0.483. The molecule has 0 saturated carbocycles. The van der Waals surface area contributed by atoms with Crippen molar-refractivity contribution in [3.63, 3.8) is 0 Å². The van der Waals surface area contributed by atoms with Gasteiger partial charge in [0.15, 0.2) is 5.75 Å². The topological polar surface area (TPSA) is 103 Å². The Hall–Kier alpha value is -1.75. The van der Waals surface area contributed by atoms with Crippen LogP contribution in [0.4, 0.5) is 5.69 Å². The molecular formula is C19H30N3O6S+. The average molecular weight is 429 g/mol. The van der Waals surface area contributed by atoms with Crippen molar-refractivity contribution < 1.29 is 27.7 Å². The van der Waals surface area contributed by atoms with Crippen molar-refractivity contribution in [2.24, 2.45) is 5.92 Å². The van der Waals surface area contributed by atoms with E-state index in [4.69, 9.17) is 9.47 Å². The normalized spacial score (nSPS) is 23.4. The molecule has 3 rings (SSSR count). The van der Waals surface area contributed by atoms with Gasteiger partial charge in [-0.3, -0.25) is 10.1 Å². The van der Waals surface area contributed by atoms with Gasteiger partial charge in [0.2, 0.25) is 10.0 Å². The van der Waals surface area contributed by atoms with E-state index < -0.39 is 14.9 Å². The first-order chi connectivity index (χ1) is 13.8. The summed E-state index contributed by atoms with van der Waals surface area (Å²) in [6.45, 7) is 8.84. The zero-order valence-electron chi connectivity index (χ0n) is 17.0. The van der Waals surface area contributed by atoms with Crippen LogP contribution in [0.25, 0.3) is 0 Å². The molecule has 9 nitrogen and oxygen atoms in total. The summed E-state index contributed by atoms with van der Waals surface area (Å²) in [5.74, 6) is 0.644. The molecule has 1 aromatic carbocycles. The standard InChI is InChI=1S/C19H29N3O6S/c1-15(2)12-20-9-10-27-16(13-20)14-28-19-6-5-17(11-18(19)22(23)24)29(25,26)21-7-3-4-8-21/h5-6,11,15-16H,3-4,7-10,12-14H2,1-2H3/p+1/t16-/m1/s1. The number of nitrogens with one attached hydrogen (secondary N) is 1. The van der Waals surface area contributed by atoms with E-state index in [2.05, 4.69) is 13.8 Å². The van der Waals surface area contributed by atoms with Crippen LogP contribution in [0, 0.1) is 16.0 Å². The molecule has 1 aromatic rings. The molecule has 162 valence electrons. The van der Waals surface area contributed by atoms with Gasteiger partial charge in [-0.15, -0.1) is 0 Å². The predicted molar refractivity (Wildman–Crippen MR) is 107 cm³/mol. The van der Waals surface area contributed by atoms with E-state index in [9.17, 15) is 18.5 Å². The molecule has 0 bridgehead atoms. The maximum atomic E-state index is 12.7. The number of ether oxygens (including phenoxy) is 2. The number of benzene rings is 1. The third-order valence-electron chi connectivity index (χ3n) is 5.28. The van der Waals surface area contributed by atoms with Crippen molar-refractivity contribution in [1.82, 2.24) is 4.31 Å². The Balaban J connectivity index is 1.70. The van der Waals surface area contributed by atoms with E-state index in [1.807, 2.05) is 0 Å². The van der Waals surface area contributed by atoms with Crippen LogP contribution in [-0.2, 0) is 14.8 Å². The summed E-state index contributed by atoms with van der Waals surface area (Å²) in [4.78, 5) is 12.3. The van der Waals surface area contributed by atoms with Crippen molar-refractivity contribution in [3.05, 3.63) is 28.3 Å². The van der Waals surface area contributed by atoms with E-state index in [1.54, 1.807) is 0 Å². The molecule has 10 heteroatoms. The number of sulfonamides is 1. The van der Waals surface area contributed by atoms with E-state index in [-0.39, 0.29) is 29.0 Å². The molecule has 2 saturated heterocycles. The molecule has 2 atom stereocenters. The fraction of sp³-hybridized carbons (Fsp3) is 0.684. The van der Waals surface area contributed by atoms with E-state index in [0.29, 0.717) is 25.6 Å². The molecular weight excluding hydrogens is 398 g/mol. The maximum absolute atomic E-state index is 12.7. The lowest BCUT2D eigenvalue weighted by Gasteiger charge is -2.31. The van der Waals surface area contributed by atoms with Gasteiger partial charge in [0.05, 0.1) is 23.0 Å². The molecule has 0 spiro atoms. The number of quaternary nitrogens is 1. The molecule has 1 N–H and O–H groups in total. The van der Waals surface area contributed by atoms with Crippen molar-refractivity contribution >= 4 is 15.7 Å². The van der Waals surface area contributed by atoms with Crippen LogP contribution in [0.1, 0.15) is 26.7 Å². The molecule has 0 aromatic heterocycles. The third-order valence-corrected chi connectivity index (χ3v) is 7.17. The highest BCUT2D eigenvalue weighted by atomic mass is 32.2. The first-order valence-corrected chi connectivity index (χ1v) is 11.6. The summed E-state index contributed by atoms with van der Waals surface area (Å²) >= 11 is 0. The summed E-state index contributed by atoms with van der Waals surface area (Å²) < 4.78 is 38.2. The fourth-order valence-electron chi connectivity index (χ4n) is 3.91. The van der Waals surface area contributed by atoms with Gasteiger partial charge in [-0.05, 0) is 25.0 Å². The Kier molecular flexibility index (Phi) is 7.10. The highest BCUT2D eigenvalue weighted by Gasteiger charge is 2.30. The van der Waals surface area contributed by atoms with Gasteiger partial charge < -0.3 is 14.4 Å². The molecule has 0 aliphatic carbocycles. The van der Waals surface area contributed by atoms with Crippen LogP contribution in [0.3, 0.4) is 0 Å². The molecule has 2 aliphatic heterocycles. The zero-order chi connectivity index (χ0) is 21.0. The number of morpholine rings is 1. The minimum atomic E-state index is -3.72. The van der Waals surface area contributed by atoms with Crippen LogP contribution in [0.15, 0.2) is 23.1 Å². The number of nitro groups is 1. The molecule has 2 heterocycles. The maximum Gasteiger partial charge on any atom is 0.312 e. The Labute approximate surface area is 171 Å². The summed E-state index contributed by atoms with van der Waals surface area (Å²) in [5, 5.41) is 11.5. The lowest BCUT2D eigenvalue weighted by molar-refractivity contribution is -0.914. The van der Waals surface area contributed by atoms with Gasteiger partial charge in [0.1, 0.15) is 25.8 Å². The summed E-state index contributed by atoms with van der Waals surface area (Å²) in [5.41, 5.74) is -0.340. The fourth-order valence-corrected chi connectivity index (χ4v) is 5.44. The predicted octanol–water partition coefficient (Wildman–Crippen LogP) is 0.698. The minimum Gasteiger partial charge on any atom is -0.484 e.